The molecular weight excluding hydrogens is 270 g/mol. The third-order valence-electron chi connectivity index (χ3n) is 2.07. The van der Waals surface area contributed by atoms with Gasteiger partial charge in [0.15, 0.2) is 0 Å². The van der Waals surface area contributed by atoms with Crippen molar-refractivity contribution in [3.05, 3.63) is 16.0 Å². The summed E-state index contributed by atoms with van der Waals surface area (Å²) in [6.07, 6.45) is 1.93. The van der Waals surface area contributed by atoms with Gasteiger partial charge in [-0.3, -0.25) is 0 Å². The van der Waals surface area contributed by atoms with E-state index in [-0.39, 0.29) is 0 Å². The van der Waals surface area contributed by atoms with Crippen LogP contribution in [0.3, 0.4) is 0 Å². The lowest BCUT2D eigenvalue weighted by atomic mass is 10.3. The molecule has 0 unspecified atom stereocenters. The number of hydrogen-bond donors (Lipinski definition) is 1. The summed E-state index contributed by atoms with van der Waals surface area (Å²) in [5.74, 6) is 1.72. The topological polar surface area (TPSA) is 47.0 Å². The molecule has 5 heteroatoms. The van der Waals surface area contributed by atoms with E-state index in [0.717, 1.165) is 41.2 Å². The number of anilines is 1. The molecule has 0 aromatic carbocycles. The molecule has 16 heavy (non-hydrogen) atoms. The van der Waals surface area contributed by atoms with Gasteiger partial charge in [0.05, 0.1) is 16.8 Å². The first-order valence-electron chi connectivity index (χ1n) is 5.51. The summed E-state index contributed by atoms with van der Waals surface area (Å²) in [4.78, 5) is 8.94. The Kier molecular flexibility index (Phi) is 5.69. The number of rotatable bonds is 6. The van der Waals surface area contributed by atoms with Crippen LogP contribution in [0, 0.1) is 0 Å². The predicted molar refractivity (Wildman–Crippen MR) is 68.6 cm³/mol. The quantitative estimate of drug-likeness (QED) is 0.874. The van der Waals surface area contributed by atoms with Crippen LogP contribution < -0.4 is 5.32 Å². The van der Waals surface area contributed by atoms with E-state index in [1.165, 1.54) is 0 Å². The molecule has 0 fully saturated rings. The van der Waals surface area contributed by atoms with Crippen LogP contribution in [-0.2, 0) is 17.8 Å². The molecule has 0 spiro atoms. The molecule has 1 heterocycles. The van der Waals surface area contributed by atoms with Crippen LogP contribution in [0.5, 0.6) is 0 Å². The van der Waals surface area contributed by atoms with Gasteiger partial charge in [0, 0.05) is 20.1 Å². The van der Waals surface area contributed by atoms with Crippen LogP contribution in [-0.4, -0.2) is 23.6 Å². The average Bonchev–Trinajstić information content (AvgIpc) is 2.26. The Labute approximate surface area is 105 Å². The highest BCUT2D eigenvalue weighted by atomic mass is 79.9. The van der Waals surface area contributed by atoms with Crippen LogP contribution >= 0.6 is 15.9 Å². The molecule has 0 atom stereocenters. The summed E-state index contributed by atoms with van der Waals surface area (Å²) in [6, 6.07) is 0. The lowest BCUT2D eigenvalue weighted by Gasteiger charge is -2.11. The third kappa shape index (κ3) is 3.42. The maximum atomic E-state index is 5.13. The van der Waals surface area contributed by atoms with E-state index in [9.17, 15) is 0 Å². The second-order valence-electron chi connectivity index (χ2n) is 3.46. The zero-order chi connectivity index (χ0) is 12.0. The fraction of sp³-hybridized carbons (Fsp3) is 0.636. The largest absolute Gasteiger partial charge is 0.378 e. The van der Waals surface area contributed by atoms with Crippen molar-refractivity contribution in [3.63, 3.8) is 0 Å². The smallest absolute Gasteiger partial charge is 0.144 e. The number of ether oxygens (including phenoxy) is 1. The standard InChI is InChI=1S/C11H18BrN3O/c1-4-6-9-14-8(7-16-3)10(12)11(15-9)13-5-2/h4-7H2,1-3H3,(H,13,14,15). The van der Waals surface area contributed by atoms with E-state index in [0.29, 0.717) is 6.61 Å². The zero-order valence-corrected chi connectivity index (χ0v) is 11.6. The Hall–Kier alpha value is -0.680. The van der Waals surface area contributed by atoms with Crippen molar-refractivity contribution in [3.8, 4) is 0 Å². The molecule has 4 nitrogen and oxygen atoms in total. The van der Waals surface area contributed by atoms with Gasteiger partial charge in [-0.15, -0.1) is 0 Å². The summed E-state index contributed by atoms with van der Waals surface area (Å²) in [5.41, 5.74) is 0.900. The maximum absolute atomic E-state index is 5.13. The lowest BCUT2D eigenvalue weighted by Crippen LogP contribution is -2.08. The van der Waals surface area contributed by atoms with Gasteiger partial charge in [0.2, 0.25) is 0 Å². The van der Waals surface area contributed by atoms with E-state index in [4.69, 9.17) is 4.74 Å². The fourth-order valence-corrected chi connectivity index (χ4v) is 1.83. The van der Waals surface area contributed by atoms with Gasteiger partial charge >= 0.3 is 0 Å². The molecule has 90 valence electrons. The number of halogens is 1. The number of aromatic nitrogens is 2. The van der Waals surface area contributed by atoms with Gasteiger partial charge in [0.1, 0.15) is 11.6 Å². The monoisotopic (exact) mass is 287 g/mol. The Morgan fingerprint density at radius 2 is 2.06 bits per heavy atom. The van der Waals surface area contributed by atoms with Crippen LogP contribution in [0.4, 0.5) is 5.82 Å². The number of methoxy groups -OCH3 is 1. The zero-order valence-electron chi connectivity index (χ0n) is 10.0. The molecule has 0 saturated heterocycles. The molecule has 0 amide bonds. The Morgan fingerprint density at radius 1 is 1.31 bits per heavy atom. The average molecular weight is 288 g/mol. The fourth-order valence-electron chi connectivity index (χ4n) is 1.40. The predicted octanol–water partition coefficient (Wildman–Crippen LogP) is 2.77. The van der Waals surface area contributed by atoms with Gasteiger partial charge < -0.3 is 10.1 Å². The highest BCUT2D eigenvalue weighted by Crippen LogP contribution is 2.24. The Bertz CT molecular complexity index is 317. The minimum atomic E-state index is 0.498. The first-order valence-corrected chi connectivity index (χ1v) is 6.30. The summed E-state index contributed by atoms with van der Waals surface area (Å²) in [5, 5.41) is 3.22. The SMILES string of the molecule is CCCc1nc(COC)c(Br)c(NCC)n1. The van der Waals surface area contributed by atoms with E-state index >= 15 is 0 Å². The van der Waals surface area contributed by atoms with E-state index < -0.39 is 0 Å². The number of aryl methyl sites for hydroxylation is 1. The van der Waals surface area contributed by atoms with Gasteiger partial charge in [-0.1, -0.05) is 6.92 Å². The van der Waals surface area contributed by atoms with Crippen molar-refractivity contribution < 1.29 is 4.74 Å². The maximum Gasteiger partial charge on any atom is 0.144 e. The molecule has 1 aromatic rings. The molecule has 0 aliphatic rings. The lowest BCUT2D eigenvalue weighted by molar-refractivity contribution is 0.180. The van der Waals surface area contributed by atoms with E-state index in [1.54, 1.807) is 7.11 Å². The summed E-state index contributed by atoms with van der Waals surface area (Å²) < 4.78 is 6.03. The van der Waals surface area contributed by atoms with Gasteiger partial charge in [-0.25, -0.2) is 9.97 Å². The van der Waals surface area contributed by atoms with E-state index in [2.05, 4.69) is 38.1 Å². The number of hydrogen-bond acceptors (Lipinski definition) is 4. The van der Waals surface area contributed by atoms with Crippen molar-refractivity contribution in [2.24, 2.45) is 0 Å². The summed E-state index contributed by atoms with van der Waals surface area (Å²) in [6.45, 7) is 5.50. The van der Waals surface area contributed by atoms with Gasteiger partial charge in [-0.2, -0.15) is 0 Å². The molecule has 0 aliphatic carbocycles. The van der Waals surface area contributed by atoms with Gasteiger partial charge in [0.25, 0.3) is 0 Å². The van der Waals surface area contributed by atoms with Crippen LogP contribution in [0.1, 0.15) is 31.8 Å². The highest BCUT2D eigenvalue weighted by Gasteiger charge is 2.11. The molecule has 1 N–H and O–H groups in total. The van der Waals surface area contributed by atoms with Crippen LogP contribution in [0.2, 0.25) is 0 Å². The van der Waals surface area contributed by atoms with Crippen molar-refractivity contribution in [2.45, 2.75) is 33.3 Å². The molecule has 0 aliphatic heterocycles. The van der Waals surface area contributed by atoms with Crippen molar-refractivity contribution >= 4 is 21.7 Å². The second kappa shape index (κ2) is 6.81. The van der Waals surface area contributed by atoms with Crippen molar-refractivity contribution in [1.82, 2.24) is 9.97 Å². The molecule has 1 rings (SSSR count). The minimum absolute atomic E-state index is 0.498. The molecule has 0 saturated carbocycles. The van der Waals surface area contributed by atoms with Gasteiger partial charge in [-0.05, 0) is 29.3 Å². The minimum Gasteiger partial charge on any atom is -0.378 e. The first-order chi connectivity index (χ1) is 7.72. The molecule has 0 bridgehead atoms. The molecule has 0 radical (unpaired) electrons. The molecule has 1 aromatic heterocycles. The van der Waals surface area contributed by atoms with Crippen LogP contribution in [0.15, 0.2) is 4.47 Å². The second-order valence-corrected chi connectivity index (χ2v) is 4.26. The van der Waals surface area contributed by atoms with Crippen molar-refractivity contribution in [2.75, 3.05) is 19.0 Å². The Morgan fingerprint density at radius 3 is 2.62 bits per heavy atom. The number of nitrogens with one attached hydrogen (secondary N) is 1. The molecular formula is C11H18BrN3O. The normalized spacial score (nSPS) is 10.5. The first kappa shape index (κ1) is 13.4. The third-order valence-corrected chi connectivity index (χ3v) is 2.90. The Balaban J connectivity index is 3.05. The summed E-state index contributed by atoms with van der Waals surface area (Å²) >= 11 is 3.50. The van der Waals surface area contributed by atoms with Crippen molar-refractivity contribution in [1.29, 1.82) is 0 Å². The highest BCUT2D eigenvalue weighted by molar-refractivity contribution is 9.10. The summed E-state index contributed by atoms with van der Waals surface area (Å²) in [7, 11) is 1.67. The van der Waals surface area contributed by atoms with E-state index in [1.807, 2.05) is 6.92 Å². The van der Waals surface area contributed by atoms with Crippen LogP contribution in [0.25, 0.3) is 0 Å². The number of nitrogens with zero attached hydrogens (tertiary/aromatic N) is 2.